The van der Waals surface area contributed by atoms with E-state index < -0.39 is 6.04 Å². The number of hydrogen-bond donors (Lipinski definition) is 2. The molecule has 1 atom stereocenters. The smallest absolute Gasteiger partial charge is 0.251 e. The molecule has 126 valence electrons. The van der Waals surface area contributed by atoms with Crippen LogP contribution < -0.4 is 10.6 Å². The number of likely N-dealkylation sites (N-methyl/N-ethyl adjacent to an activating group) is 1. The van der Waals surface area contributed by atoms with Gasteiger partial charge in [0.1, 0.15) is 5.82 Å². The highest BCUT2D eigenvalue weighted by molar-refractivity contribution is 6.02. The molecule has 0 bridgehead atoms. The first-order chi connectivity index (χ1) is 12.1. The third kappa shape index (κ3) is 2.38. The summed E-state index contributed by atoms with van der Waals surface area (Å²) < 4.78 is 15.2. The molecule has 4 rings (SSSR count). The molecule has 1 aliphatic rings. The first-order valence-electron chi connectivity index (χ1n) is 8.03. The summed E-state index contributed by atoms with van der Waals surface area (Å²) in [7, 11) is 1.60. The van der Waals surface area contributed by atoms with Crippen molar-refractivity contribution in [3.8, 4) is 0 Å². The Morgan fingerprint density at radius 2 is 1.92 bits per heavy atom. The molecule has 25 heavy (non-hydrogen) atoms. The summed E-state index contributed by atoms with van der Waals surface area (Å²) in [6, 6.07) is 13.5. The molecule has 2 heterocycles. The lowest BCUT2D eigenvalue weighted by Gasteiger charge is -2.29. The molecule has 0 saturated carbocycles. The number of amides is 1. The van der Waals surface area contributed by atoms with Crippen molar-refractivity contribution in [2.24, 2.45) is 0 Å². The number of benzene rings is 2. The molecular weight excluding hydrogens is 319 g/mol. The predicted molar refractivity (Wildman–Crippen MR) is 95.5 cm³/mol. The van der Waals surface area contributed by atoms with E-state index >= 15 is 0 Å². The molecule has 5 nitrogen and oxygen atoms in total. The Hall–Kier alpha value is -3.15. The summed E-state index contributed by atoms with van der Waals surface area (Å²) in [5.74, 6) is 0.178. The average Bonchev–Trinajstić information content (AvgIpc) is 3.00. The van der Waals surface area contributed by atoms with Crippen molar-refractivity contribution in [3.05, 3.63) is 65.5 Å². The van der Waals surface area contributed by atoms with E-state index in [-0.39, 0.29) is 11.7 Å². The first kappa shape index (κ1) is 15.4. The molecule has 1 aromatic heterocycles. The van der Waals surface area contributed by atoms with Gasteiger partial charge in [-0.2, -0.15) is 0 Å². The summed E-state index contributed by atoms with van der Waals surface area (Å²) in [5.41, 5.74) is 3.97. The summed E-state index contributed by atoms with van der Waals surface area (Å²) >= 11 is 0. The van der Waals surface area contributed by atoms with Crippen molar-refractivity contribution in [3.63, 3.8) is 0 Å². The standard InChI is InChI=1S/C19H17FN4O/c1-11-16(18(25)21-2)17(12-7-9-13(20)10-8-12)23-19-22-14-5-3-4-6-15(14)24(11)19/h3-10,17H,1-2H3,(H,21,25)(H,22,23). The Kier molecular flexibility index (Phi) is 3.53. The van der Waals surface area contributed by atoms with Gasteiger partial charge in [0.25, 0.3) is 5.91 Å². The second-order valence-corrected chi connectivity index (χ2v) is 5.97. The number of fused-ring (bicyclic) bond motifs is 3. The topological polar surface area (TPSA) is 59.0 Å². The molecule has 0 saturated heterocycles. The largest absolute Gasteiger partial charge is 0.355 e. The number of hydrogen-bond acceptors (Lipinski definition) is 3. The number of allylic oxidation sites excluding steroid dienone is 1. The van der Waals surface area contributed by atoms with Crippen LogP contribution in [-0.2, 0) is 4.79 Å². The number of nitrogens with one attached hydrogen (secondary N) is 2. The second-order valence-electron chi connectivity index (χ2n) is 5.97. The molecule has 0 spiro atoms. The van der Waals surface area contributed by atoms with Crippen LogP contribution in [0.1, 0.15) is 18.5 Å². The van der Waals surface area contributed by atoms with Crippen LogP contribution in [0.4, 0.5) is 10.3 Å². The number of para-hydroxylation sites is 2. The Balaban J connectivity index is 1.95. The zero-order chi connectivity index (χ0) is 17.6. The Labute approximate surface area is 144 Å². The third-order valence-corrected chi connectivity index (χ3v) is 4.52. The van der Waals surface area contributed by atoms with Crippen LogP contribution in [0.25, 0.3) is 16.7 Å². The normalized spacial score (nSPS) is 16.5. The highest BCUT2D eigenvalue weighted by Crippen LogP contribution is 2.38. The number of imidazole rings is 1. The van der Waals surface area contributed by atoms with Gasteiger partial charge in [0.05, 0.1) is 22.6 Å². The molecule has 3 aromatic rings. The minimum atomic E-state index is -0.398. The van der Waals surface area contributed by atoms with Crippen molar-refractivity contribution in [1.29, 1.82) is 0 Å². The second kappa shape index (κ2) is 5.73. The van der Waals surface area contributed by atoms with E-state index in [2.05, 4.69) is 15.6 Å². The highest BCUT2D eigenvalue weighted by atomic mass is 19.1. The van der Waals surface area contributed by atoms with Gasteiger partial charge in [-0.05, 0) is 36.8 Å². The maximum Gasteiger partial charge on any atom is 0.251 e. The van der Waals surface area contributed by atoms with Crippen molar-refractivity contribution < 1.29 is 9.18 Å². The maximum atomic E-state index is 13.3. The van der Waals surface area contributed by atoms with Crippen LogP contribution in [-0.4, -0.2) is 22.5 Å². The van der Waals surface area contributed by atoms with Gasteiger partial charge in [0.2, 0.25) is 5.95 Å². The van der Waals surface area contributed by atoms with E-state index in [1.54, 1.807) is 19.2 Å². The van der Waals surface area contributed by atoms with Crippen LogP contribution in [0, 0.1) is 5.82 Å². The van der Waals surface area contributed by atoms with Crippen molar-refractivity contribution in [2.75, 3.05) is 12.4 Å². The number of aromatic nitrogens is 2. The molecule has 2 aromatic carbocycles. The van der Waals surface area contributed by atoms with E-state index in [9.17, 15) is 9.18 Å². The zero-order valence-electron chi connectivity index (χ0n) is 13.9. The number of carbonyl (C=O) groups excluding carboxylic acids is 1. The van der Waals surface area contributed by atoms with E-state index in [0.29, 0.717) is 11.5 Å². The van der Waals surface area contributed by atoms with Crippen LogP contribution in [0.2, 0.25) is 0 Å². The lowest BCUT2D eigenvalue weighted by Crippen LogP contribution is -2.32. The number of halogens is 1. The van der Waals surface area contributed by atoms with Crippen LogP contribution >= 0.6 is 0 Å². The van der Waals surface area contributed by atoms with Gasteiger partial charge in [-0.25, -0.2) is 9.37 Å². The summed E-state index contributed by atoms with van der Waals surface area (Å²) in [4.78, 5) is 17.2. The fourth-order valence-electron chi connectivity index (χ4n) is 3.33. The van der Waals surface area contributed by atoms with Crippen LogP contribution in [0.5, 0.6) is 0 Å². The molecule has 0 aliphatic carbocycles. The van der Waals surface area contributed by atoms with Crippen molar-refractivity contribution >= 4 is 28.6 Å². The third-order valence-electron chi connectivity index (χ3n) is 4.52. The van der Waals surface area contributed by atoms with E-state index in [1.807, 2.05) is 35.8 Å². The van der Waals surface area contributed by atoms with Gasteiger partial charge < -0.3 is 10.6 Å². The quantitative estimate of drug-likeness (QED) is 0.755. The number of carbonyl (C=O) groups is 1. The minimum Gasteiger partial charge on any atom is -0.355 e. The number of nitrogens with zero attached hydrogens (tertiary/aromatic N) is 2. The predicted octanol–water partition coefficient (Wildman–Crippen LogP) is 3.32. The zero-order valence-corrected chi connectivity index (χ0v) is 13.9. The van der Waals surface area contributed by atoms with Gasteiger partial charge in [0, 0.05) is 12.7 Å². The molecule has 6 heteroatoms. The minimum absolute atomic E-state index is 0.178. The average molecular weight is 336 g/mol. The lowest BCUT2D eigenvalue weighted by atomic mass is 9.95. The molecule has 2 N–H and O–H groups in total. The van der Waals surface area contributed by atoms with E-state index in [0.717, 1.165) is 22.3 Å². The molecule has 1 aliphatic heterocycles. The molecule has 1 unspecified atom stereocenters. The Morgan fingerprint density at radius 3 is 2.64 bits per heavy atom. The molecule has 1 amide bonds. The van der Waals surface area contributed by atoms with Crippen LogP contribution in [0.15, 0.2) is 54.1 Å². The van der Waals surface area contributed by atoms with E-state index in [1.165, 1.54) is 12.1 Å². The van der Waals surface area contributed by atoms with Gasteiger partial charge in [0.15, 0.2) is 0 Å². The fourth-order valence-corrected chi connectivity index (χ4v) is 3.33. The number of anilines is 1. The van der Waals surface area contributed by atoms with Gasteiger partial charge in [-0.3, -0.25) is 9.36 Å². The molecule has 0 fully saturated rings. The fraction of sp³-hybridized carbons (Fsp3) is 0.158. The van der Waals surface area contributed by atoms with Gasteiger partial charge >= 0.3 is 0 Å². The Bertz CT molecular complexity index is 1000. The summed E-state index contributed by atoms with van der Waals surface area (Å²) in [6.45, 7) is 1.90. The lowest BCUT2D eigenvalue weighted by molar-refractivity contribution is -0.117. The number of rotatable bonds is 2. The van der Waals surface area contributed by atoms with Crippen molar-refractivity contribution in [2.45, 2.75) is 13.0 Å². The van der Waals surface area contributed by atoms with Crippen LogP contribution in [0.3, 0.4) is 0 Å². The highest BCUT2D eigenvalue weighted by Gasteiger charge is 2.32. The molecule has 0 radical (unpaired) electrons. The Morgan fingerprint density at radius 1 is 1.20 bits per heavy atom. The summed E-state index contributed by atoms with van der Waals surface area (Å²) in [6.07, 6.45) is 0. The summed E-state index contributed by atoms with van der Waals surface area (Å²) in [5, 5.41) is 6.03. The van der Waals surface area contributed by atoms with Gasteiger partial charge in [-0.1, -0.05) is 24.3 Å². The maximum absolute atomic E-state index is 13.3. The molecular formula is C19H17FN4O. The monoisotopic (exact) mass is 336 g/mol. The SMILES string of the molecule is CNC(=O)C1=C(C)n2c(nc3ccccc32)NC1c1ccc(F)cc1. The van der Waals surface area contributed by atoms with E-state index in [4.69, 9.17) is 0 Å². The van der Waals surface area contributed by atoms with Gasteiger partial charge in [-0.15, -0.1) is 0 Å². The van der Waals surface area contributed by atoms with Crippen molar-refractivity contribution in [1.82, 2.24) is 14.9 Å². The first-order valence-corrected chi connectivity index (χ1v) is 8.03.